The summed E-state index contributed by atoms with van der Waals surface area (Å²) in [7, 11) is 0. The predicted molar refractivity (Wildman–Crippen MR) is 258 cm³/mol. The van der Waals surface area contributed by atoms with Crippen LogP contribution in [-0.2, 0) is 0 Å². The number of benzene rings is 9. The first-order valence-corrected chi connectivity index (χ1v) is 20.9. The van der Waals surface area contributed by atoms with Crippen molar-refractivity contribution in [2.45, 2.75) is 5.92 Å². The van der Waals surface area contributed by atoms with Gasteiger partial charge in [0.2, 0.25) is 0 Å². The summed E-state index contributed by atoms with van der Waals surface area (Å²) in [4.78, 5) is 15.5. The van der Waals surface area contributed by atoms with Crippen LogP contribution in [0.1, 0.15) is 34.9 Å². The van der Waals surface area contributed by atoms with Crippen LogP contribution >= 0.6 is 0 Å². The number of nitrogens with zero attached hydrogens (tertiary/aromatic N) is 4. The van der Waals surface area contributed by atoms with Crippen molar-refractivity contribution in [3.05, 3.63) is 217 Å². The van der Waals surface area contributed by atoms with Gasteiger partial charge in [-0.25, -0.2) is 15.0 Å². The number of hydrogen-bond donors (Lipinski definition) is 0. The van der Waals surface area contributed by atoms with E-state index in [2.05, 4.69) is 0 Å². The second-order valence-electron chi connectivity index (χ2n) is 15.9. The van der Waals surface area contributed by atoms with Crippen LogP contribution in [-0.4, -0.2) is 19.5 Å². The lowest BCUT2D eigenvalue weighted by atomic mass is 9.86. The summed E-state index contributed by atoms with van der Waals surface area (Å²) >= 11 is 0. The maximum atomic E-state index is 9.48. The highest BCUT2D eigenvalue weighted by Gasteiger charge is 2.32. The molecule has 0 aliphatic heterocycles. The predicted octanol–water partition coefficient (Wildman–Crippen LogP) is 14.9. The van der Waals surface area contributed by atoms with Gasteiger partial charge in [-0.05, 0) is 64.2 Å². The van der Waals surface area contributed by atoms with Crippen LogP contribution in [0.2, 0.25) is 0 Å². The molecule has 0 N–H and O–H groups in total. The molecule has 4 aromatic heterocycles. The third-order valence-corrected chi connectivity index (χ3v) is 12.5. The maximum Gasteiger partial charge on any atom is 0.164 e. The van der Waals surface area contributed by atoms with Crippen molar-refractivity contribution in [1.29, 1.82) is 0 Å². The Morgan fingerprint density at radius 1 is 0.406 bits per heavy atom. The van der Waals surface area contributed by atoms with Gasteiger partial charge in [-0.3, -0.25) is 0 Å². The summed E-state index contributed by atoms with van der Waals surface area (Å²) in [5.74, 6) is 0.350. The zero-order chi connectivity index (χ0) is 49.7. The smallest absolute Gasteiger partial charge is 0.164 e. The van der Waals surface area contributed by atoms with Gasteiger partial charge in [0.15, 0.2) is 23.1 Å². The minimum Gasteiger partial charge on any atom is -0.456 e. The van der Waals surface area contributed by atoms with Gasteiger partial charge < -0.3 is 13.4 Å². The van der Waals surface area contributed by atoms with Crippen molar-refractivity contribution >= 4 is 65.7 Å². The minimum absolute atomic E-state index is 0.0518. The van der Waals surface area contributed by atoms with Gasteiger partial charge in [0.05, 0.1) is 29.1 Å². The average molecular weight is 828 g/mol. The van der Waals surface area contributed by atoms with Crippen molar-refractivity contribution in [3.8, 4) is 51.0 Å². The molecule has 0 radical (unpaired) electrons. The van der Waals surface area contributed by atoms with E-state index >= 15 is 0 Å². The molecule has 0 fully saturated rings. The first-order chi connectivity index (χ1) is 35.5. The fraction of sp³-hybridized carbons (Fsp3) is 0.0172. The molecule has 14 rings (SSSR count). The van der Waals surface area contributed by atoms with Crippen molar-refractivity contribution in [3.63, 3.8) is 0 Å². The highest BCUT2D eigenvalue weighted by molar-refractivity contribution is 6.17. The number of hydrogen-bond acceptors (Lipinski definition) is 5. The van der Waals surface area contributed by atoms with Gasteiger partial charge in [0.1, 0.15) is 16.7 Å². The van der Waals surface area contributed by atoms with Crippen molar-refractivity contribution < 1.29 is 21.2 Å². The van der Waals surface area contributed by atoms with Gasteiger partial charge in [-0.2, -0.15) is 0 Å². The van der Waals surface area contributed by atoms with E-state index < -0.39 is 30.1 Å². The zero-order valence-electron chi connectivity index (χ0n) is 42.5. The Morgan fingerprint density at radius 2 is 1.00 bits per heavy atom. The molecule has 6 nitrogen and oxygen atoms in total. The third kappa shape index (κ3) is 4.99. The van der Waals surface area contributed by atoms with Crippen LogP contribution in [0.5, 0.6) is 0 Å². The van der Waals surface area contributed by atoms with E-state index in [1.54, 1.807) is 12.1 Å². The number of fused-ring (bicyclic) bond motifs is 12. The Kier molecular flexibility index (Phi) is 5.75. The molecule has 298 valence electrons. The maximum absolute atomic E-state index is 9.48. The van der Waals surface area contributed by atoms with Crippen molar-refractivity contribution in [1.82, 2.24) is 19.5 Å². The monoisotopic (exact) mass is 827 g/mol. The zero-order valence-corrected chi connectivity index (χ0v) is 33.5. The standard InChI is InChI=1S/C58H34N4O2/c1-2-16-34(17-3-1)56-59-57(43-26-14-32-49-53(43)40-23-9-11-31-48(40)63-49)61-58(60-56)44-27-15-33-50-54(44)42-25-13-30-47(55(42)64-50)62-45-28-10-8-22-39(45)52-41(24-12-29-46(52)62)51-37-20-6-4-18-35(37)36-19-5-7-21-38(36)51/h1-33,51H/i4D,5D,6D,7D,18D,19D,20D,21D,28D. The summed E-state index contributed by atoms with van der Waals surface area (Å²) in [6.07, 6.45) is 0. The summed E-state index contributed by atoms with van der Waals surface area (Å²) in [5.41, 5.74) is 7.66. The summed E-state index contributed by atoms with van der Waals surface area (Å²) in [6.45, 7) is 0. The molecule has 6 heteroatoms. The second kappa shape index (κ2) is 13.4. The first kappa shape index (κ1) is 27.4. The van der Waals surface area contributed by atoms with E-state index in [4.69, 9.17) is 32.0 Å². The molecule has 0 saturated heterocycles. The Bertz CT molecular complexity index is 4520. The molecule has 0 unspecified atom stereocenters. The van der Waals surface area contributed by atoms with Crippen LogP contribution in [0.3, 0.4) is 0 Å². The lowest BCUT2D eigenvalue weighted by molar-refractivity contribution is 0.666. The Hall–Kier alpha value is -8.61. The summed E-state index contributed by atoms with van der Waals surface area (Å²) in [5, 5.41) is 4.67. The lowest BCUT2D eigenvalue weighted by Gasteiger charge is -2.16. The van der Waals surface area contributed by atoms with E-state index in [0.29, 0.717) is 72.8 Å². The molecular formula is C58H34N4O2. The van der Waals surface area contributed by atoms with Crippen molar-refractivity contribution in [2.75, 3.05) is 0 Å². The molecule has 13 aromatic rings. The molecule has 0 bridgehead atoms. The van der Waals surface area contributed by atoms with Gasteiger partial charge in [-0.1, -0.05) is 164 Å². The normalized spacial score (nSPS) is 14.6. The molecule has 1 aliphatic carbocycles. The van der Waals surface area contributed by atoms with Crippen LogP contribution < -0.4 is 0 Å². The molecule has 0 atom stereocenters. The molecule has 1 aliphatic rings. The van der Waals surface area contributed by atoms with Crippen LogP contribution in [0.15, 0.2) is 209 Å². The Labute approximate surface area is 379 Å². The van der Waals surface area contributed by atoms with Crippen LogP contribution in [0.4, 0.5) is 0 Å². The third-order valence-electron chi connectivity index (χ3n) is 12.5. The van der Waals surface area contributed by atoms with E-state index in [0.717, 1.165) is 38.3 Å². The first-order valence-electron chi connectivity index (χ1n) is 25.4. The van der Waals surface area contributed by atoms with Gasteiger partial charge >= 0.3 is 0 Å². The number of aromatic nitrogens is 4. The van der Waals surface area contributed by atoms with E-state index in [1.807, 2.05) is 138 Å². The summed E-state index contributed by atoms with van der Waals surface area (Å²) < 4.78 is 96.1. The number of rotatable bonds is 5. The molecule has 0 saturated carbocycles. The Balaban J connectivity index is 1.02. The molecule has 4 heterocycles. The summed E-state index contributed by atoms with van der Waals surface area (Å²) in [6, 6.07) is 43.1. The fourth-order valence-electron chi connectivity index (χ4n) is 9.88. The quantitative estimate of drug-likeness (QED) is 0.173. The molecular weight excluding hydrogens is 785 g/mol. The highest BCUT2D eigenvalue weighted by Crippen LogP contribution is 2.51. The SMILES string of the molecule is [2H]c1c([2H])c([2H])c2c(c1[2H])-c1c([2H])c([2H])c([2H])c([2H])c1C2c1cccc2c1c1cccc([2H])c1n2-c1cccc2c1oc1cccc(-c3nc(-c4ccccc4)nc(-c4cccc5oc6ccccc6c45)n3)c12. The molecule has 0 spiro atoms. The topological polar surface area (TPSA) is 69.9 Å². The molecule has 0 amide bonds. The average Bonchev–Trinajstić information content (AvgIpc) is 4.19. The van der Waals surface area contributed by atoms with Crippen LogP contribution in [0.25, 0.3) is 117 Å². The number of para-hydroxylation sites is 3. The molecule has 64 heavy (non-hydrogen) atoms. The second-order valence-corrected chi connectivity index (χ2v) is 15.9. The van der Waals surface area contributed by atoms with Gasteiger partial charge in [0, 0.05) is 54.9 Å². The highest BCUT2D eigenvalue weighted by atomic mass is 16.3. The largest absolute Gasteiger partial charge is 0.456 e. The number of furan rings is 2. The Morgan fingerprint density at radius 3 is 1.78 bits per heavy atom. The van der Waals surface area contributed by atoms with Gasteiger partial charge in [0.25, 0.3) is 0 Å². The van der Waals surface area contributed by atoms with E-state index in [-0.39, 0.29) is 52.5 Å². The van der Waals surface area contributed by atoms with Crippen LogP contribution in [0, 0.1) is 0 Å². The molecule has 9 aromatic carbocycles. The minimum atomic E-state index is -1.03. The van der Waals surface area contributed by atoms with Crippen molar-refractivity contribution in [2.24, 2.45) is 0 Å². The van der Waals surface area contributed by atoms with E-state index in [9.17, 15) is 4.11 Å². The fourth-order valence-corrected chi connectivity index (χ4v) is 9.88. The lowest BCUT2D eigenvalue weighted by Crippen LogP contribution is -2.01. The van der Waals surface area contributed by atoms with E-state index in [1.165, 1.54) is 0 Å². The van der Waals surface area contributed by atoms with Gasteiger partial charge in [-0.15, -0.1) is 0 Å².